The van der Waals surface area contributed by atoms with E-state index in [0.29, 0.717) is 17.2 Å². The van der Waals surface area contributed by atoms with Gasteiger partial charge in [-0.2, -0.15) is 0 Å². The normalized spacial score (nSPS) is 18.4. The summed E-state index contributed by atoms with van der Waals surface area (Å²) in [4.78, 5) is 0. The molecule has 1 N–H and O–H groups in total. The number of halogens is 2. The zero-order valence-electron chi connectivity index (χ0n) is 11.2. The Morgan fingerprint density at radius 3 is 2.60 bits per heavy atom. The number of rotatable bonds is 3. The van der Waals surface area contributed by atoms with Gasteiger partial charge in [-0.1, -0.05) is 30.3 Å². The molecule has 1 aliphatic rings. The van der Waals surface area contributed by atoms with E-state index in [-0.39, 0.29) is 0 Å². The van der Waals surface area contributed by atoms with Crippen LogP contribution in [0.4, 0.5) is 8.78 Å². The number of nitrogens with one attached hydrogen (secondary N) is 1. The molecule has 1 unspecified atom stereocenters. The van der Waals surface area contributed by atoms with E-state index in [0.717, 1.165) is 31.4 Å². The Balaban J connectivity index is 1.95. The van der Waals surface area contributed by atoms with Crippen molar-refractivity contribution in [2.45, 2.75) is 25.3 Å². The van der Waals surface area contributed by atoms with Crippen LogP contribution in [0.5, 0.6) is 0 Å². The van der Waals surface area contributed by atoms with E-state index in [1.54, 1.807) is 18.2 Å². The van der Waals surface area contributed by atoms with Gasteiger partial charge in [0, 0.05) is 11.6 Å². The molecule has 1 fully saturated rings. The first-order valence-electron chi connectivity index (χ1n) is 7.01. The fourth-order valence-electron chi connectivity index (χ4n) is 2.81. The Hall–Kier alpha value is -1.74. The van der Waals surface area contributed by atoms with Gasteiger partial charge in [-0.25, -0.2) is 8.78 Å². The zero-order valence-corrected chi connectivity index (χ0v) is 11.2. The second-order valence-electron chi connectivity index (χ2n) is 5.30. The maximum atomic E-state index is 14.0. The topological polar surface area (TPSA) is 12.0 Å². The van der Waals surface area contributed by atoms with Crippen molar-refractivity contribution in [1.82, 2.24) is 5.32 Å². The molecule has 1 nitrogen and oxygen atoms in total. The molecule has 0 saturated carbocycles. The Morgan fingerprint density at radius 2 is 1.90 bits per heavy atom. The van der Waals surface area contributed by atoms with E-state index in [4.69, 9.17) is 0 Å². The van der Waals surface area contributed by atoms with Crippen molar-refractivity contribution in [1.29, 1.82) is 0 Å². The van der Waals surface area contributed by atoms with Gasteiger partial charge in [-0.15, -0.1) is 0 Å². The van der Waals surface area contributed by atoms with Crippen LogP contribution >= 0.6 is 0 Å². The fraction of sp³-hybridized carbons (Fsp3) is 0.294. The van der Waals surface area contributed by atoms with E-state index in [1.165, 1.54) is 6.07 Å². The number of hydrogen-bond donors (Lipinski definition) is 1. The summed E-state index contributed by atoms with van der Waals surface area (Å²) >= 11 is 0. The first-order valence-corrected chi connectivity index (χ1v) is 7.01. The predicted octanol–water partition coefficient (Wildman–Crippen LogP) is 3.93. The van der Waals surface area contributed by atoms with Crippen LogP contribution in [0.15, 0.2) is 42.5 Å². The molecule has 2 aromatic rings. The maximum absolute atomic E-state index is 14.0. The third-order valence-electron chi connectivity index (χ3n) is 3.82. The highest BCUT2D eigenvalue weighted by molar-refractivity contribution is 5.65. The molecule has 0 amide bonds. The van der Waals surface area contributed by atoms with Gasteiger partial charge in [0.15, 0.2) is 11.6 Å². The minimum absolute atomic E-state index is 0.346. The Bertz CT molecular complexity index is 589. The second kappa shape index (κ2) is 5.71. The van der Waals surface area contributed by atoms with E-state index in [2.05, 4.69) is 5.32 Å². The molecule has 2 aromatic carbocycles. The minimum Gasteiger partial charge on any atom is -0.314 e. The first kappa shape index (κ1) is 13.3. The van der Waals surface area contributed by atoms with Gasteiger partial charge in [-0.3, -0.25) is 0 Å². The zero-order chi connectivity index (χ0) is 13.9. The predicted molar refractivity (Wildman–Crippen MR) is 76.5 cm³/mol. The molecule has 104 valence electrons. The van der Waals surface area contributed by atoms with Crippen molar-refractivity contribution < 1.29 is 8.78 Å². The molecule has 1 atom stereocenters. The van der Waals surface area contributed by atoms with Crippen LogP contribution in [0.3, 0.4) is 0 Å². The Kier molecular flexibility index (Phi) is 3.79. The molecule has 1 heterocycles. The SMILES string of the molecule is Fc1cc(CC2CCCN2)cc(-c2ccccc2)c1F. The van der Waals surface area contributed by atoms with Gasteiger partial charge >= 0.3 is 0 Å². The summed E-state index contributed by atoms with van der Waals surface area (Å²) in [6.45, 7) is 1.01. The minimum atomic E-state index is -0.765. The molecule has 0 spiro atoms. The molecule has 0 aromatic heterocycles. The molecular weight excluding hydrogens is 256 g/mol. The van der Waals surface area contributed by atoms with Crippen molar-refractivity contribution >= 4 is 0 Å². The van der Waals surface area contributed by atoms with Crippen LogP contribution in [-0.2, 0) is 6.42 Å². The molecule has 3 rings (SSSR count). The van der Waals surface area contributed by atoms with Crippen LogP contribution in [0.25, 0.3) is 11.1 Å². The summed E-state index contributed by atoms with van der Waals surface area (Å²) in [6, 6.07) is 12.6. The van der Waals surface area contributed by atoms with Crippen molar-refractivity contribution in [2.75, 3.05) is 6.54 Å². The third-order valence-corrected chi connectivity index (χ3v) is 3.82. The summed E-state index contributed by atoms with van der Waals surface area (Å²) < 4.78 is 27.8. The highest BCUT2D eigenvalue weighted by Crippen LogP contribution is 2.27. The molecule has 0 radical (unpaired) electrons. The van der Waals surface area contributed by atoms with Crippen molar-refractivity contribution in [3.63, 3.8) is 0 Å². The molecule has 3 heteroatoms. The Labute approximate surface area is 117 Å². The molecule has 0 aliphatic carbocycles. The summed E-state index contributed by atoms with van der Waals surface area (Å²) in [5.41, 5.74) is 1.91. The highest BCUT2D eigenvalue weighted by atomic mass is 19.2. The lowest BCUT2D eigenvalue weighted by atomic mass is 9.98. The smallest absolute Gasteiger partial charge is 0.166 e. The Morgan fingerprint density at radius 1 is 1.10 bits per heavy atom. The van der Waals surface area contributed by atoms with Gasteiger partial charge in [0.2, 0.25) is 0 Å². The molecule has 0 bridgehead atoms. The van der Waals surface area contributed by atoms with Crippen LogP contribution in [0.1, 0.15) is 18.4 Å². The standard InChI is InChI=1S/C17H17F2N/c18-16-11-12(9-14-7-4-8-20-14)10-15(17(16)19)13-5-2-1-3-6-13/h1-3,5-6,10-11,14,20H,4,7-9H2. The second-order valence-corrected chi connectivity index (χ2v) is 5.30. The lowest BCUT2D eigenvalue weighted by Gasteiger charge is -2.12. The van der Waals surface area contributed by atoms with Crippen LogP contribution < -0.4 is 5.32 Å². The van der Waals surface area contributed by atoms with Crippen LogP contribution in [0.2, 0.25) is 0 Å². The summed E-state index contributed by atoms with van der Waals surface area (Å²) in [5, 5.41) is 3.38. The van der Waals surface area contributed by atoms with Crippen molar-refractivity contribution in [3.8, 4) is 11.1 Å². The lowest BCUT2D eigenvalue weighted by molar-refractivity contribution is 0.507. The van der Waals surface area contributed by atoms with Crippen molar-refractivity contribution in [2.24, 2.45) is 0 Å². The first-order chi connectivity index (χ1) is 9.74. The van der Waals surface area contributed by atoms with Crippen LogP contribution in [0, 0.1) is 11.6 Å². The molecule has 1 saturated heterocycles. The summed E-state index contributed by atoms with van der Waals surface area (Å²) in [6.07, 6.45) is 3.00. The lowest BCUT2D eigenvalue weighted by Crippen LogP contribution is -2.23. The van der Waals surface area contributed by atoms with Crippen molar-refractivity contribution in [3.05, 3.63) is 59.7 Å². The summed E-state index contributed by atoms with van der Waals surface area (Å²) in [7, 11) is 0. The monoisotopic (exact) mass is 273 g/mol. The summed E-state index contributed by atoms with van der Waals surface area (Å²) in [5.74, 6) is -1.53. The average Bonchev–Trinajstić information content (AvgIpc) is 2.96. The average molecular weight is 273 g/mol. The van der Waals surface area contributed by atoms with Gasteiger partial charge in [0.05, 0.1) is 0 Å². The van der Waals surface area contributed by atoms with Gasteiger partial charge in [0.25, 0.3) is 0 Å². The number of hydrogen-bond acceptors (Lipinski definition) is 1. The largest absolute Gasteiger partial charge is 0.314 e. The van der Waals surface area contributed by atoms with Gasteiger partial charge < -0.3 is 5.32 Å². The quantitative estimate of drug-likeness (QED) is 0.893. The molecule has 1 aliphatic heterocycles. The number of benzene rings is 2. The molecule has 20 heavy (non-hydrogen) atoms. The van der Waals surface area contributed by atoms with E-state index in [9.17, 15) is 8.78 Å². The van der Waals surface area contributed by atoms with Gasteiger partial charge in [-0.05, 0) is 49.1 Å². The fourth-order valence-corrected chi connectivity index (χ4v) is 2.81. The maximum Gasteiger partial charge on any atom is 0.166 e. The third kappa shape index (κ3) is 2.73. The van der Waals surface area contributed by atoms with E-state index in [1.807, 2.05) is 18.2 Å². The molecular formula is C17H17F2N. The highest BCUT2D eigenvalue weighted by Gasteiger charge is 2.17. The van der Waals surface area contributed by atoms with E-state index >= 15 is 0 Å². The van der Waals surface area contributed by atoms with E-state index < -0.39 is 11.6 Å². The van der Waals surface area contributed by atoms with Crippen LogP contribution in [-0.4, -0.2) is 12.6 Å². The van der Waals surface area contributed by atoms with Gasteiger partial charge in [0.1, 0.15) is 0 Å².